The van der Waals surface area contributed by atoms with Gasteiger partial charge in [-0.05, 0) is 37.6 Å². The second kappa shape index (κ2) is 9.24. The van der Waals surface area contributed by atoms with Crippen LogP contribution < -0.4 is 5.32 Å². The fraction of sp³-hybridized carbons (Fsp3) is 0.316. The molecule has 0 saturated carbocycles. The largest absolute Gasteiger partial charge is 0.456 e. The highest BCUT2D eigenvalue weighted by Crippen LogP contribution is 2.22. The molecule has 7 heteroatoms. The van der Waals surface area contributed by atoms with Crippen LogP contribution in [0.5, 0.6) is 0 Å². The van der Waals surface area contributed by atoms with Crippen molar-refractivity contribution in [3.8, 4) is 0 Å². The molecule has 0 spiro atoms. The number of rotatable bonds is 8. The molecule has 0 unspecified atom stereocenters. The lowest BCUT2D eigenvalue weighted by molar-refractivity contribution is -0.148. The number of esters is 1. The monoisotopic (exact) mass is 377 g/mol. The maximum absolute atomic E-state index is 12.8. The summed E-state index contributed by atoms with van der Waals surface area (Å²) in [7, 11) is 0. The lowest BCUT2D eigenvalue weighted by atomic mass is 10.1. The van der Waals surface area contributed by atoms with E-state index in [-0.39, 0.29) is 31.0 Å². The summed E-state index contributed by atoms with van der Waals surface area (Å²) in [6.07, 6.45) is -0.0224. The van der Waals surface area contributed by atoms with Crippen LogP contribution in [-0.4, -0.2) is 24.3 Å². The molecule has 0 saturated heterocycles. The third kappa shape index (κ3) is 6.07. The van der Waals surface area contributed by atoms with Gasteiger partial charge in [-0.25, -0.2) is 4.39 Å². The van der Waals surface area contributed by atoms with Crippen LogP contribution >= 0.6 is 11.3 Å². The molecule has 1 aromatic heterocycles. The fourth-order valence-corrected chi connectivity index (χ4v) is 3.27. The number of amides is 1. The van der Waals surface area contributed by atoms with Crippen LogP contribution in [0.3, 0.4) is 0 Å². The predicted molar refractivity (Wildman–Crippen MR) is 96.6 cm³/mol. The van der Waals surface area contributed by atoms with Crippen molar-refractivity contribution in [2.24, 2.45) is 0 Å². The molecule has 0 aliphatic rings. The molecule has 1 amide bonds. The minimum Gasteiger partial charge on any atom is -0.456 e. The van der Waals surface area contributed by atoms with Gasteiger partial charge in [-0.3, -0.25) is 14.4 Å². The van der Waals surface area contributed by atoms with Crippen LogP contribution in [0.4, 0.5) is 4.39 Å². The van der Waals surface area contributed by atoms with E-state index in [1.807, 2.05) is 19.9 Å². The van der Waals surface area contributed by atoms with Gasteiger partial charge in [-0.1, -0.05) is 12.1 Å². The molecule has 2 rings (SSSR count). The fourth-order valence-electron chi connectivity index (χ4n) is 2.33. The Balaban J connectivity index is 1.67. The molecule has 5 nitrogen and oxygen atoms in total. The second-order valence-electron chi connectivity index (χ2n) is 5.81. The molecule has 0 fully saturated rings. The summed E-state index contributed by atoms with van der Waals surface area (Å²) in [6.45, 7) is 3.60. The Hall–Kier alpha value is -2.54. The van der Waals surface area contributed by atoms with Gasteiger partial charge in [-0.2, -0.15) is 0 Å². The first-order valence-electron chi connectivity index (χ1n) is 8.12. The third-order valence-corrected chi connectivity index (χ3v) is 4.63. The minimum absolute atomic E-state index is 0.0487. The lowest BCUT2D eigenvalue weighted by Gasteiger charge is -2.07. The van der Waals surface area contributed by atoms with Crippen molar-refractivity contribution < 1.29 is 23.5 Å². The number of ether oxygens (including phenoxy) is 1. The number of aryl methyl sites for hydroxylation is 2. The van der Waals surface area contributed by atoms with Gasteiger partial charge < -0.3 is 10.1 Å². The average Bonchev–Trinajstić information content (AvgIpc) is 2.95. The number of halogens is 1. The highest BCUT2D eigenvalue weighted by Gasteiger charge is 2.15. The van der Waals surface area contributed by atoms with Gasteiger partial charge in [0.05, 0.1) is 6.42 Å². The van der Waals surface area contributed by atoms with E-state index in [4.69, 9.17) is 4.74 Å². The van der Waals surface area contributed by atoms with Crippen molar-refractivity contribution in [3.05, 3.63) is 57.0 Å². The van der Waals surface area contributed by atoms with Gasteiger partial charge in [-0.15, -0.1) is 11.3 Å². The van der Waals surface area contributed by atoms with Gasteiger partial charge in [0.2, 0.25) is 0 Å². The number of benzene rings is 1. The molecule has 0 bridgehead atoms. The summed E-state index contributed by atoms with van der Waals surface area (Å²) in [5.41, 5.74) is 1.37. The quantitative estimate of drug-likeness (QED) is 0.566. The van der Waals surface area contributed by atoms with Crippen molar-refractivity contribution in [1.82, 2.24) is 5.32 Å². The predicted octanol–water partition coefficient (Wildman–Crippen LogP) is 3.33. The number of hydrogen-bond acceptors (Lipinski definition) is 5. The molecule has 26 heavy (non-hydrogen) atoms. The van der Waals surface area contributed by atoms with Crippen LogP contribution in [0.2, 0.25) is 0 Å². The number of carbonyl (C=O) groups excluding carboxylic acids is 3. The molecule has 0 atom stereocenters. The van der Waals surface area contributed by atoms with Crippen molar-refractivity contribution in [3.63, 3.8) is 0 Å². The number of nitrogens with one attached hydrogen (secondary N) is 1. The maximum Gasteiger partial charge on any atom is 0.306 e. The van der Waals surface area contributed by atoms with Gasteiger partial charge in [0.25, 0.3) is 5.91 Å². The lowest BCUT2D eigenvalue weighted by Crippen LogP contribution is -2.28. The van der Waals surface area contributed by atoms with Crippen molar-refractivity contribution >= 4 is 29.0 Å². The SMILES string of the molecule is Cc1cc(C(=O)CCC(=O)OCC(=O)NCc2ccc(F)cc2)c(C)s1. The first kappa shape index (κ1) is 19.8. The van der Waals surface area contributed by atoms with E-state index in [0.29, 0.717) is 5.56 Å². The maximum atomic E-state index is 12.8. The number of carbonyl (C=O) groups is 3. The molecule has 138 valence electrons. The van der Waals surface area contributed by atoms with Crippen LogP contribution in [0.25, 0.3) is 0 Å². The van der Waals surface area contributed by atoms with Crippen molar-refractivity contribution in [2.75, 3.05) is 6.61 Å². The summed E-state index contributed by atoms with van der Waals surface area (Å²) in [5, 5.41) is 2.57. The first-order valence-corrected chi connectivity index (χ1v) is 8.94. The van der Waals surface area contributed by atoms with Crippen molar-refractivity contribution in [2.45, 2.75) is 33.2 Å². The smallest absolute Gasteiger partial charge is 0.306 e. The molecule has 2 aromatic rings. The number of hydrogen-bond donors (Lipinski definition) is 1. The van der Waals surface area contributed by atoms with Crippen LogP contribution in [0.15, 0.2) is 30.3 Å². The zero-order chi connectivity index (χ0) is 19.1. The zero-order valence-corrected chi connectivity index (χ0v) is 15.5. The van der Waals surface area contributed by atoms with E-state index in [1.54, 1.807) is 12.1 Å². The number of Topliss-reactive ketones (excluding diaryl/α,β-unsaturated/α-hetero) is 1. The highest BCUT2D eigenvalue weighted by molar-refractivity contribution is 7.12. The molecule has 1 N–H and O–H groups in total. The Bertz CT molecular complexity index is 798. The Morgan fingerprint density at radius 2 is 1.81 bits per heavy atom. The van der Waals surface area contributed by atoms with E-state index in [2.05, 4.69) is 5.32 Å². The van der Waals surface area contributed by atoms with E-state index >= 15 is 0 Å². The molecular formula is C19H20FNO4S. The molecular weight excluding hydrogens is 357 g/mol. The summed E-state index contributed by atoms with van der Waals surface area (Å²) in [4.78, 5) is 37.4. The Morgan fingerprint density at radius 3 is 2.42 bits per heavy atom. The summed E-state index contributed by atoms with van der Waals surface area (Å²) in [6, 6.07) is 7.53. The van der Waals surface area contributed by atoms with Gasteiger partial charge >= 0.3 is 5.97 Å². The minimum atomic E-state index is -0.597. The zero-order valence-electron chi connectivity index (χ0n) is 14.6. The Kier molecular flexibility index (Phi) is 7.03. The summed E-state index contributed by atoms with van der Waals surface area (Å²) < 4.78 is 17.7. The molecule has 1 aromatic carbocycles. The van der Waals surface area contributed by atoms with Gasteiger partial charge in [0, 0.05) is 28.3 Å². The average molecular weight is 377 g/mol. The van der Waals surface area contributed by atoms with Crippen LogP contribution in [0.1, 0.15) is 38.5 Å². The molecule has 0 aliphatic carbocycles. The highest BCUT2D eigenvalue weighted by atomic mass is 32.1. The summed E-state index contributed by atoms with van der Waals surface area (Å²) >= 11 is 1.54. The molecule has 0 aliphatic heterocycles. The first-order chi connectivity index (χ1) is 12.3. The normalized spacial score (nSPS) is 10.4. The standard InChI is InChI=1S/C19H20FNO4S/c1-12-9-16(13(2)26-12)17(22)7-8-19(24)25-11-18(23)21-10-14-3-5-15(20)6-4-14/h3-6,9H,7-8,10-11H2,1-2H3,(H,21,23). The summed E-state index contributed by atoms with van der Waals surface area (Å²) in [5.74, 6) is -1.51. The number of ketones is 1. The number of thiophene rings is 1. The Labute approximate surface area is 155 Å². The van der Waals surface area contributed by atoms with E-state index < -0.39 is 18.5 Å². The molecule has 0 radical (unpaired) electrons. The third-order valence-electron chi connectivity index (χ3n) is 3.66. The van der Waals surface area contributed by atoms with Gasteiger partial charge in [0.15, 0.2) is 12.4 Å². The van der Waals surface area contributed by atoms with E-state index in [1.165, 1.54) is 23.5 Å². The van der Waals surface area contributed by atoms with E-state index in [0.717, 1.165) is 15.3 Å². The van der Waals surface area contributed by atoms with E-state index in [9.17, 15) is 18.8 Å². The topological polar surface area (TPSA) is 72.5 Å². The second-order valence-corrected chi connectivity index (χ2v) is 7.27. The van der Waals surface area contributed by atoms with Crippen LogP contribution in [0, 0.1) is 19.7 Å². The van der Waals surface area contributed by atoms with Crippen molar-refractivity contribution in [1.29, 1.82) is 0 Å². The van der Waals surface area contributed by atoms with Crippen LogP contribution in [-0.2, 0) is 20.9 Å². The Morgan fingerprint density at radius 1 is 1.12 bits per heavy atom. The van der Waals surface area contributed by atoms with Gasteiger partial charge in [0.1, 0.15) is 5.82 Å². The molecule has 1 heterocycles.